The zero-order valence-corrected chi connectivity index (χ0v) is 11.7. The molecule has 20 heavy (non-hydrogen) atoms. The number of nitrogens with two attached hydrogens (primary N) is 1. The number of para-hydroxylation sites is 1. The van der Waals surface area contributed by atoms with E-state index < -0.39 is 0 Å². The molecule has 4 heteroatoms. The Morgan fingerprint density at radius 3 is 2.70 bits per heavy atom. The molecule has 0 saturated carbocycles. The van der Waals surface area contributed by atoms with Gasteiger partial charge in [0.15, 0.2) is 5.96 Å². The molecule has 2 aromatic rings. The number of aromatic nitrogens is 1. The van der Waals surface area contributed by atoms with Gasteiger partial charge >= 0.3 is 0 Å². The predicted octanol–water partition coefficient (Wildman–Crippen LogP) is 2.57. The number of benzene rings is 1. The van der Waals surface area contributed by atoms with Crippen LogP contribution in [-0.2, 0) is 0 Å². The second-order valence-corrected chi connectivity index (χ2v) is 5.10. The predicted molar refractivity (Wildman–Crippen MR) is 81.9 cm³/mol. The largest absolute Gasteiger partial charge is 0.369 e. The lowest BCUT2D eigenvalue weighted by Crippen LogP contribution is -2.36. The van der Waals surface area contributed by atoms with Gasteiger partial charge in [0.05, 0.1) is 12.6 Å². The van der Waals surface area contributed by atoms with Crippen LogP contribution in [0.2, 0.25) is 0 Å². The first-order valence-electron chi connectivity index (χ1n) is 6.74. The van der Waals surface area contributed by atoms with E-state index in [4.69, 9.17) is 5.73 Å². The van der Waals surface area contributed by atoms with Crippen LogP contribution in [0.4, 0.5) is 5.69 Å². The molecule has 1 aliphatic rings. The van der Waals surface area contributed by atoms with Crippen molar-refractivity contribution in [2.24, 2.45) is 10.7 Å². The smallest absolute Gasteiger partial charge is 0.196 e. The van der Waals surface area contributed by atoms with E-state index in [-0.39, 0.29) is 6.04 Å². The minimum Gasteiger partial charge on any atom is -0.369 e. The zero-order valence-electron chi connectivity index (χ0n) is 11.7. The Morgan fingerprint density at radius 2 is 1.95 bits per heavy atom. The molecular formula is C16H18N4. The Morgan fingerprint density at radius 1 is 1.15 bits per heavy atom. The van der Waals surface area contributed by atoms with Crippen molar-refractivity contribution < 1.29 is 0 Å². The molecule has 102 valence electrons. The molecule has 3 rings (SSSR count). The summed E-state index contributed by atoms with van der Waals surface area (Å²) in [4.78, 5) is 10.8. The fourth-order valence-electron chi connectivity index (χ4n) is 2.68. The van der Waals surface area contributed by atoms with E-state index in [1.54, 1.807) is 0 Å². The number of anilines is 1. The normalized spacial score (nSPS) is 18.2. The maximum absolute atomic E-state index is 6.11. The van der Waals surface area contributed by atoms with Crippen LogP contribution < -0.4 is 10.6 Å². The van der Waals surface area contributed by atoms with Gasteiger partial charge in [0, 0.05) is 18.1 Å². The number of aliphatic imine (C=N–C) groups is 1. The number of hydrogen-bond donors (Lipinski definition) is 1. The van der Waals surface area contributed by atoms with Crippen molar-refractivity contribution in [3.63, 3.8) is 0 Å². The lowest BCUT2D eigenvalue weighted by molar-refractivity contribution is 0.756. The average molecular weight is 266 g/mol. The number of pyridine rings is 1. The van der Waals surface area contributed by atoms with Crippen LogP contribution in [0.15, 0.2) is 47.7 Å². The summed E-state index contributed by atoms with van der Waals surface area (Å²) in [5.41, 5.74) is 10.8. The molecule has 0 aliphatic carbocycles. The van der Waals surface area contributed by atoms with E-state index in [2.05, 4.69) is 40.9 Å². The van der Waals surface area contributed by atoms with E-state index >= 15 is 0 Å². The maximum atomic E-state index is 6.11. The number of guanidine groups is 1. The van der Waals surface area contributed by atoms with Crippen LogP contribution in [0.25, 0.3) is 0 Å². The highest BCUT2D eigenvalue weighted by molar-refractivity contribution is 5.98. The van der Waals surface area contributed by atoms with Gasteiger partial charge < -0.3 is 10.6 Å². The van der Waals surface area contributed by atoms with E-state index in [1.807, 2.05) is 30.6 Å². The van der Waals surface area contributed by atoms with Crippen molar-refractivity contribution in [3.05, 3.63) is 59.4 Å². The summed E-state index contributed by atoms with van der Waals surface area (Å²) in [5, 5.41) is 0. The average Bonchev–Trinajstić information content (AvgIpc) is 2.82. The molecule has 1 aromatic carbocycles. The molecule has 1 aromatic heterocycles. The molecule has 0 spiro atoms. The molecule has 0 bridgehead atoms. The number of hydrogen-bond acceptors (Lipinski definition) is 4. The molecule has 4 nitrogen and oxygen atoms in total. The standard InChI is InChI=1S/C16H18N4/c1-11-7-8-18-9-13(11)15-10-19-16(17)20(15)14-6-4-3-5-12(14)2/h3-9,15H,10H2,1-2H3,(H2,17,19). The zero-order chi connectivity index (χ0) is 14.1. The summed E-state index contributed by atoms with van der Waals surface area (Å²) < 4.78 is 0. The van der Waals surface area contributed by atoms with Gasteiger partial charge in [-0.1, -0.05) is 18.2 Å². The third-order valence-corrected chi connectivity index (χ3v) is 3.80. The molecule has 0 amide bonds. The molecule has 2 heterocycles. The first-order valence-corrected chi connectivity index (χ1v) is 6.74. The minimum absolute atomic E-state index is 0.129. The lowest BCUT2D eigenvalue weighted by Gasteiger charge is -2.28. The van der Waals surface area contributed by atoms with Gasteiger partial charge in [-0.3, -0.25) is 9.98 Å². The molecule has 2 N–H and O–H groups in total. The van der Waals surface area contributed by atoms with Gasteiger partial charge in [-0.2, -0.15) is 0 Å². The van der Waals surface area contributed by atoms with E-state index in [1.165, 1.54) is 16.7 Å². The summed E-state index contributed by atoms with van der Waals surface area (Å²) in [6.45, 7) is 4.86. The van der Waals surface area contributed by atoms with Gasteiger partial charge in [-0.15, -0.1) is 0 Å². The first-order chi connectivity index (χ1) is 9.68. The van der Waals surface area contributed by atoms with Crippen LogP contribution in [0, 0.1) is 13.8 Å². The summed E-state index contributed by atoms with van der Waals surface area (Å²) in [5.74, 6) is 0.576. The maximum Gasteiger partial charge on any atom is 0.196 e. The van der Waals surface area contributed by atoms with E-state index in [0.717, 1.165) is 5.69 Å². The summed E-state index contributed by atoms with van der Waals surface area (Å²) in [6.07, 6.45) is 3.73. The van der Waals surface area contributed by atoms with Crippen molar-refractivity contribution in [1.29, 1.82) is 0 Å². The van der Waals surface area contributed by atoms with Crippen LogP contribution in [0.5, 0.6) is 0 Å². The quantitative estimate of drug-likeness (QED) is 0.909. The molecule has 0 radical (unpaired) electrons. The van der Waals surface area contributed by atoms with Gasteiger partial charge in [-0.05, 0) is 42.7 Å². The Bertz CT molecular complexity index is 663. The Kier molecular flexibility index (Phi) is 3.14. The van der Waals surface area contributed by atoms with Crippen LogP contribution in [0.1, 0.15) is 22.7 Å². The van der Waals surface area contributed by atoms with Gasteiger partial charge in [-0.25, -0.2) is 0 Å². The number of nitrogens with zero attached hydrogens (tertiary/aromatic N) is 3. The van der Waals surface area contributed by atoms with E-state index in [9.17, 15) is 0 Å². The SMILES string of the molecule is Cc1ccncc1C1CN=C(N)N1c1ccccc1C. The van der Waals surface area contributed by atoms with Crippen LogP contribution >= 0.6 is 0 Å². The third-order valence-electron chi connectivity index (χ3n) is 3.80. The number of rotatable bonds is 2. The summed E-state index contributed by atoms with van der Waals surface area (Å²) >= 11 is 0. The Balaban J connectivity index is 2.06. The monoisotopic (exact) mass is 266 g/mol. The molecule has 1 atom stereocenters. The highest BCUT2D eigenvalue weighted by Crippen LogP contribution is 2.33. The van der Waals surface area contributed by atoms with Gasteiger partial charge in [0.25, 0.3) is 0 Å². The van der Waals surface area contributed by atoms with Crippen molar-refractivity contribution in [2.75, 3.05) is 11.4 Å². The minimum atomic E-state index is 0.129. The topological polar surface area (TPSA) is 54.5 Å². The second-order valence-electron chi connectivity index (χ2n) is 5.10. The summed E-state index contributed by atoms with van der Waals surface area (Å²) in [6, 6.07) is 10.4. The fraction of sp³-hybridized carbons (Fsp3) is 0.250. The van der Waals surface area contributed by atoms with Crippen molar-refractivity contribution in [1.82, 2.24) is 4.98 Å². The Hall–Kier alpha value is -2.36. The fourth-order valence-corrected chi connectivity index (χ4v) is 2.68. The molecule has 1 unspecified atom stereocenters. The lowest BCUT2D eigenvalue weighted by atomic mass is 10.0. The highest BCUT2D eigenvalue weighted by Gasteiger charge is 2.30. The Labute approximate surface area is 119 Å². The number of aryl methyl sites for hydroxylation is 2. The van der Waals surface area contributed by atoms with Crippen LogP contribution in [-0.4, -0.2) is 17.5 Å². The summed E-state index contributed by atoms with van der Waals surface area (Å²) in [7, 11) is 0. The van der Waals surface area contributed by atoms with Gasteiger partial charge in [0.1, 0.15) is 0 Å². The second kappa shape index (κ2) is 4.96. The van der Waals surface area contributed by atoms with Crippen molar-refractivity contribution in [2.45, 2.75) is 19.9 Å². The van der Waals surface area contributed by atoms with Crippen molar-refractivity contribution >= 4 is 11.6 Å². The van der Waals surface area contributed by atoms with Gasteiger partial charge in [0.2, 0.25) is 0 Å². The van der Waals surface area contributed by atoms with Crippen LogP contribution in [0.3, 0.4) is 0 Å². The van der Waals surface area contributed by atoms with Crippen molar-refractivity contribution in [3.8, 4) is 0 Å². The molecular weight excluding hydrogens is 248 g/mol. The molecule has 1 aliphatic heterocycles. The molecule has 0 fully saturated rings. The first kappa shape index (κ1) is 12.7. The highest BCUT2D eigenvalue weighted by atomic mass is 15.3. The third kappa shape index (κ3) is 2.03. The van der Waals surface area contributed by atoms with E-state index in [0.29, 0.717) is 12.5 Å². The molecule has 0 saturated heterocycles.